The maximum absolute atomic E-state index is 14.4. The molecule has 2 aromatic heterocycles. The molecule has 2 N–H and O–H groups in total. The molecule has 2 heterocycles. The van der Waals surface area contributed by atoms with Crippen LogP contribution >= 0.6 is 0 Å². The number of nitrogens with zero attached hydrogens (tertiary/aromatic N) is 2. The molecule has 0 saturated carbocycles. The topological polar surface area (TPSA) is 78.1 Å². The Morgan fingerprint density at radius 3 is 2.52 bits per heavy atom. The molecular formula is C16H11F2N3O2. The zero-order valence-electron chi connectivity index (χ0n) is 12.0. The van der Waals surface area contributed by atoms with Crippen molar-refractivity contribution in [1.29, 1.82) is 0 Å². The highest BCUT2D eigenvalue weighted by atomic mass is 19.1. The summed E-state index contributed by atoms with van der Waals surface area (Å²) in [5.74, 6) is -2.88. The third-order valence-corrected chi connectivity index (χ3v) is 3.35. The van der Waals surface area contributed by atoms with Crippen LogP contribution in [0.4, 0.5) is 8.78 Å². The van der Waals surface area contributed by atoms with E-state index >= 15 is 0 Å². The second kappa shape index (κ2) is 5.60. The molecule has 7 heteroatoms. The molecule has 0 aliphatic carbocycles. The van der Waals surface area contributed by atoms with Crippen molar-refractivity contribution in [3.8, 4) is 17.1 Å². The molecule has 0 aliphatic heterocycles. The predicted molar refractivity (Wildman–Crippen MR) is 80.0 cm³/mol. The number of carbonyl (C=O) groups is 1. The van der Waals surface area contributed by atoms with Gasteiger partial charge in [0, 0.05) is 17.0 Å². The minimum atomic E-state index is -1.18. The van der Waals surface area contributed by atoms with E-state index in [0.717, 1.165) is 11.5 Å². The first kappa shape index (κ1) is 14.8. The minimum absolute atomic E-state index is 0.0354. The zero-order chi connectivity index (χ0) is 16.6. The van der Waals surface area contributed by atoms with Crippen molar-refractivity contribution in [3.63, 3.8) is 0 Å². The lowest BCUT2D eigenvalue weighted by Gasteiger charge is -2.08. The summed E-state index contributed by atoms with van der Waals surface area (Å²) in [6, 6.07) is 8.85. The number of methoxy groups -OCH3 is 1. The van der Waals surface area contributed by atoms with Gasteiger partial charge in [-0.25, -0.2) is 13.8 Å². The number of nitrogens with two attached hydrogens (primary N) is 1. The molecule has 1 amide bonds. The smallest absolute Gasteiger partial charge is 0.254 e. The van der Waals surface area contributed by atoms with Crippen molar-refractivity contribution < 1.29 is 18.3 Å². The molecule has 5 nitrogen and oxygen atoms in total. The Kier molecular flexibility index (Phi) is 3.61. The first-order chi connectivity index (χ1) is 11.0. The van der Waals surface area contributed by atoms with Crippen LogP contribution in [0.2, 0.25) is 0 Å². The molecule has 3 aromatic rings. The highest BCUT2D eigenvalue weighted by molar-refractivity contribution is 5.95. The Morgan fingerprint density at radius 1 is 1.09 bits per heavy atom. The monoisotopic (exact) mass is 315 g/mol. The lowest BCUT2D eigenvalue weighted by molar-refractivity contribution is 0.0992. The maximum atomic E-state index is 14.4. The highest BCUT2D eigenvalue weighted by Gasteiger charge is 2.20. The number of primary amides is 1. The van der Waals surface area contributed by atoms with E-state index in [9.17, 15) is 13.6 Å². The van der Waals surface area contributed by atoms with Crippen LogP contribution in [0.3, 0.4) is 0 Å². The van der Waals surface area contributed by atoms with E-state index in [0.29, 0.717) is 11.5 Å². The summed E-state index contributed by atoms with van der Waals surface area (Å²) in [5.41, 5.74) is 4.74. The van der Waals surface area contributed by atoms with Crippen LogP contribution in [0.1, 0.15) is 10.4 Å². The van der Waals surface area contributed by atoms with Crippen LogP contribution in [0, 0.1) is 11.6 Å². The van der Waals surface area contributed by atoms with E-state index in [1.807, 2.05) is 0 Å². The summed E-state index contributed by atoms with van der Waals surface area (Å²) in [7, 11) is 1.47. The fourth-order valence-corrected chi connectivity index (χ4v) is 2.22. The molecule has 0 bridgehead atoms. The molecule has 0 fully saturated rings. The zero-order valence-corrected chi connectivity index (χ0v) is 12.0. The highest BCUT2D eigenvalue weighted by Crippen LogP contribution is 2.27. The average Bonchev–Trinajstić information content (AvgIpc) is 2.53. The van der Waals surface area contributed by atoms with Gasteiger partial charge in [0.25, 0.3) is 5.91 Å². The Balaban J connectivity index is 2.20. The van der Waals surface area contributed by atoms with Gasteiger partial charge in [0.05, 0.1) is 12.8 Å². The molecule has 0 unspecified atom stereocenters. The number of aromatic nitrogens is 2. The summed E-state index contributed by atoms with van der Waals surface area (Å²) in [4.78, 5) is 19.6. The van der Waals surface area contributed by atoms with Crippen LogP contribution in [0.5, 0.6) is 5.88 Å². The molecule has 116 valence electrons. The standard InChI is InChI=1S/C16H11F2N3O2/c1-23-12-7-3-8-2-6-11(20-16(8)21-12)9-4-5-10(17)13(14(9)18)15(19)22/h2-7H,1H3,(H2,19,22). The molecule has 0 atom stereocenters. The van der Waals surface area contributed by atoms with Gasteiger partial charge in [-0.05, 0) is 30.3 Å². The van der Waals surface area contributed by atoms with Gasteiger partial charge in [-0.1, -0.05) is 0 Å². The van der Waals surface area contributed by atoms with E-state index in [1.165, 1.54) is 13.2 Å². The number of halogens is 2. The van der Waals surface area contributed by atoms with Crippen molar-refractivity contribution in [2.24, 2.45) is 5.73 Å². The number of amides is 1. The van der Waals surface area contributed by atoms with Crippen molar-refractivity contribution in [3.05, 3.63) is 53.6 Å². The summed E-state index contributed by atoms with van der Waals surface area (Å²) in [5, 5.41) is 0.729. The van der Waals surface area contributed by atoms with Crippen LogP contribution in [-0.2, 0) is 0 Å². The largest absolute Gasteiger partial charge is 0.481 e. The van der Waals surface area contributed by atoms with E-state index in [1.54, 1.807) is 24.3 Å². The number of pyridine rings is 2. The molecule has 0 radical (unpaired) electrons. The fourth-order valence-electron chi connectivity index (χ4n) is 2.22. The Bertz CT molecular complexity index is 929. The van der Waals surface area contributed by atoms with Crippen molar-refractivity contribution in [1.82, 2.24) is 9.97 Å². The number of hydrogen-bond donors (Lipinski definition) is 1. The SMILES string of the molecule is COc1ccc2ccc(-c3ccc(F)c(C(N)=O)c3F)nc2n1. The quantitative estimate of drug-likeness (QED) is 0.806. The van der Waals surface area contributed by atoms with E-state index in [4.69, 9.17) is 10.5 Å². The molecule has 0 aliphatic rings. The van der Waals surface area contributed by atoms with Gasteiger partial charge in [0.2, 0.25) is 5.88 Å². The Hall–Kier alpha value is -3.09. The number of hydrogen-bond acceptors (Lipinski definition) is 4. The van der Waals surface area contributed by atoms with Crippen LogP contribution < -0.4 is 10.5 Å². The third-order valence-electron chi connectivity index (χ3n) is 3.35. The predicted octanol–water partition coefficient (Wildman–Crippen LogP) is 2.68. The summed E-state index contributed by atoms with van der Waals surface area (Å²) >= 11 is 0. The molecule has 23 heavy (non-hydrogen) atoms. The fraction of sp³-hybridized carbons (Fsp3) is 0.0625. The summed E-state index contributed by atoms with van der Waals surface area (Å²) < 4.78 is 33.0. The Morgan fingerprint density at radius 2 is 1.83 bits per heavy atom. The van der Waals surface area contributed by atoms with Gasteiger partial charge in [0.1, 0.15) is 17.2 Å². The normalized spacial score (nSPS) is 10.7. The maximum Gasteiger partial charge on any atom is 0.254 e. The second-order valence-corrected chi connectivity index (χ2v) is 4.75. The second-order valence-electron chi connectivity index (χ2n) is 4.75. The minimum Gasteiger partial charge on any atom is -0.481 e. The first-order valence-corrected chi connectivity index (χ1v) is 6.61. The number of benzene rings is 1. The van der Waals surface area contributed by atoms with Crippen molar-refractivity contribution in [2.45, 2.75) is 0 Å². The van der Waals surface area contributed by atoms with Gasteiger partial charge in [-0.3, -0.25) is 4.79 Å². The Labute approximate surface area is 129 Å². The average molecular weight is 315 g/mol. The molecule has 0 spiro atoms. The van der Waals surface area contributed by atoms with Gasteiger partial charge < -0.3 is 10.5 Å². The van der Waals surface area contributed by atoms with E-state index in [-0.39, 0.29) is 11.3 Å². The lowest BCUT2D eigenvalue weighted by Crippen LogP contribution is -2.16. The van der Waals surface area contributed by atoms with Crippen LogP contribution in [0.15, 0.2) is 36.4 Å². The van der Waals surface area contributed by atoms with Crippen LogP contribution in [0.25, 0.3) is 22.3 Å². The molecule has 0 saturated heterocycles. The van der Waals surface area contributed by atoms with Crippen LogP contribution in [-0.4, -0.2) is 23.0 Å². The molecule has 1 aromatic carbocycles. The number of carbonyl (C=O) groups excluding carboxylic acids is 1. The first-order valence-electron chi connectivity index (χ1n) is 6.61. The van der Waals surface area contributed by atoms with Crippen molar-refractivity contribution >= 4 is 16.9 Å². The van der Waals surface area contributed by atoms with Gasteiger partial charge in [-0.2, -0.15) is 4.98 Å². The van der Waals surface area contributed by atoms with Gasteiger partial charge >= 0.3 is 0 Å². The third kappa shape index (κ3) is 2.57. The van der Waals surface area contributed by atoms with Gasteiger partial charge in [0.15, 0.2) is 5.65 Å². The summed E-state index contributed by atoms with van der Waals surface area (Å²) in [6.45, 7) is 0. The van der Waals surface area contributed by atoms with E-state index < -0.39 is 23.1 Å². The van der Waals surface area contributed by atoms with E-state index in [2.05, 4.69) is 9.97 Å². The molecule has 3 rings (SSSR count). The number of rotatable bonds is 3. The number of fused-ring (bicyclic) bond motifs is 1. The lowest BCUT2D eigenvalue weighted by atomic mass is 10.0. The number of ether oxygens (including phenoxy) is 1. The summed E-state index contributed by atoms with van der Waals surface area (Å²) in [6.07, 6.45) is 0. The van der Waals surface area contributed by atoms with Gasteiger partial charge in [-0.15, -0.1) is 0 Å². The van der Waals surface area contributed by atoms with Crippen molar-refractivity contribution in [2.75, 3.05) is 7.11 Å². The molecular weight excluding hydrogens is 304 g/mol.